The van der Waals surface area contributed by atoms with Crippen molar-refractivity contribution in [3.63, 3.8) is 0 Å². The summed E-state index contributed by atoms with van der Waals surface area (Å²) in [5.74, 6) is 0.797. The molecule has 3 nitrogen and oxygen atoms in total. The van der Waals surface area contributed by atoms with Crippen molar-refractivity contribution >= 4 is 5.97 Å². The highest BCUT2D eigenvalue weighted by atomic mass is 16.4. The molecule has 0 aromatic carbocycles. The second-order valence-electron chi connectivity index (χ2n) is 4.96. The van der Waals surface area contributed by atoms with Crippen LogP contribution in [0.1, 0.15) is 51.9 Å². The van der Waals surface area contributed by atoms with Crippen molar-refractivity contribution in [2.45, 2.75) is 57.9 Å². The number of rotatable bonds is 6. The van der Waals surface area contributed by atoms with E-state index in [1.807, 2.05) is 0 Å². The van der Waals surface area contributed by atoms with Crippen LogP contribution < -0.4 is 5.73 Å². The van der Waals surface area contributed by atoms with Crippen LogP contribution >= 0.6 is 0 Å². The van der Waals surface area contributed by atoms with Crippen molar-refractivity contribution < 1.29 is 9.90 Å². The van der Waals surface area contributed by atoms with Crippen LogP contribution in [0, 0.1) is 11.8 Å². The van der Waals surface area contributed by atoms with Gasteiger partial charge in [0.1, 0.15) is 0 Å². The molecule has 0 aromatic rings. The summed E-state index contributed by atoms with van der Waals surface area (Å²) in [6.07, 6.45) is 7.50. The van der Waals surface area contributed by atoms with Gasteiger partial charge in [-0.2, -0.15) is 0 Å². The monoisotopic (exact) mass is 213 g/mol. The molecule has 3 heteroatoms. The maximum Gasteiger partial charge on any atom is 0.304 e. The Morgan fingerprint density at radius 2 is 2.00 bits per heavy atom. The Balaban J connectivity index is 2.15. The van der Waals surface area contributed by atoms with Gasteiger partial charge in [0.2, 0.25) is 0 Å². The summed E-state index contributed by atoms with van der Waals surface area (Å²) in [5, 5.41) is 8.58. The van der Waals surface area contributed by atoms with Gasteiger partial charge >= 0.3 is 5.97 Å². The zero-order valence-corrected chi connectivity index (χ0v) is 9.61. The summed E-state index contributed by atoms with van der Waals surface area (Å²) in [6.45, 7) is 2.28. The summed E-state index contributed by atoms with van der Waals surface area (Å²) >= 11 is 0. The maximum atomic E-state index is 10.4. The predicted molar refractivity (Wildman–Crippen MR) is 60.6 cm³/mol. The molecule has 1 saturated carbocycles. The smallest absolute Gasteiger partial charge is 0.304 e. The lowest BCUT2D eigenvalue weighted by atomic mass is 9.87. The van der Waals surface area contributed by atoms with E-state index >= 15 is 0 Å². The largest absolute Gasteiger partial charge is 0.481 e. The Labute approximate surface area is 92.0 Å². The highest BCUT2D eigenvalue weighted by Gasteiger charge is 2.21. The first-order valence-electron chi connectivity index (χ1n) is 6.07. The second-order valence-corrected chi connectivity index (χ2v) is 4.96. The van der Waals surface area contributed by atoms with Crippen LogP contribution in [0.4, 0.5) is 0 Å². The van der Waals surface area contributed by atoms with Gasteiger partial charge in [-0.3, -0.25) is 4.79 Å². The fourth-order valence-corrected chi connectivity index (χ4v) is 2.57. The number of hydrogen-bond donors (Lipinski definition) is 2. The van der Waals surface area contributed by atoms with Crippen LogP contribution in [0.25, 0.3) is 0 Å². The van der Waals surface area contributed by atoms with Crippen molar-refractivity contribution in [2.75, 3.05) is 0 Å². The standard InChI is InChI=1S/C12H23NO2/c1-9(10-4-2-3-5-10)6-7-11(13)8-12(14)15/h9-11H,2-8,13H2,1H3,(H,14,15). The predicted octanol–water partition coefficient (Wildman–Crippen LogP) is 2.39. The van der Waals surface area contributed by atoms with Crippen LogP contribution in [0.15, 0.2) is 0 Å². The van der Waals surface area contributed by atoms with Gasteiger partial charge in [-0.05, 0) is 24.7 Å². The molecule has 1 rings (SSSR count). The minimum atomic E-state index is -0.781. The van der Waals surface area contributed by atoms with Gasteiger partial charge in [0.15, 0.2) is 0 Å². The fourth-order valence-electron chi connectivity index (χ4n) is 2.57. The first kappa shape index (κ1) is 12.5. The Kier molecular flexibility index (Phi) is 5.09. The molecule has 1 fully saturated rings. The van der Waals surface area contributed by atoms with Gasteiger partial charge in [-0.15, -0.1) is 0 Å². The summed E-state index contributed by atoms with van der Waals surface area (Å²) < 4.78 is 0. The van der Waals surface area contributed by atoms with E-state index < -0.39 is 5.97 Å². The van der Waals surface area contributed by atoms with Gasteiger partial charge in [-0.25, -0.2) is 0 Å². The maximum absolute atomic E-state index is 10.4. The van der Waals surface area contributed by atoms with Gasteiger partial charge in [0.05, 0.1) is 6.42 Å². The molecule has 0 aromatic heterocycles. The van der Waals surface area contributed by atoms with Gasteiger partial charge in [-0.1, -0.05) is 32.6 Å². The molecule has 0 bridgehead atoms. The van der Waals surface area contributed by atoms with Crippen LogP contribution in [0.3, 0.4) is 0 Å². The molecule has 2 atom stereocenters. The molecule has 1 aliphatic carbocycles. The van der Waals surface area contributed by atoms with E-state index in [0.717, 1.165) is 18.8 Å². The average Bonchev–Trinajstić information content (AvgIpc) is 2.65. The molecule has 0 amide bonds. The highest BCUT2D eigenvalue weighted by molar-refractivity contribution is 5.67. The average molecular weight is 213 g/mol. The summed E-state index contributed by atoms with van der Waals surface area (Å²) in [5.41, 5.74) is 5.74. The zero-order valence-electron chi connectivity index (χ0n) is 9.61. The van der Waals surface area contributed by atoms with E-state index in [-0.39, 0.29) is 12.5 Å². The van der Waals surface area contributed by atoms with Crippen LogP contribution in [0.2, 0.25) is 0 Å². The summed E-state index contributed by atoms with van der Waals surface area (Å²) in [6, 6.07) is -0.161. The van der Waals surface area contributed by atoms with Crippen molar-refractivity contribution in [1.82, 2.24) is 0 Å². The third kappa shape index (κ3) is 4.65. The van der Waals surface area contributed by atoms with E-state index in [9.17, 15) is 4.79 Å². The van der Waals surface area contributed by atoms with Gasteiger partial charge in [0.25, 0.3) is 0 Å². The highest BCUT2D eigenvalue weighted by Crippen LogP contribution is 2.33. The third-order valence-electron chi connectivity index (χ3n) is 3.63. The van der Waals surface area contributed by atoms with E-state index in [2.05, 4.69) is 6.92 Å². The molecule has 0 aliphatic heterocycles. The Morgan fingerprint density at radius 3 is 2.53 bits per heavy atom. The topological polar surface area (TPSA) is 63.3 Å². The molecule has 15 heavy (non-hydrogen) atoms. The first-order valence-corrected chi connectivity index (χ1v) is 6.07. The number of carbonyl (C=O) groups is 1. The van der Waals surface area contributed by atoms with E-state index in [4.69, 9.17) is 10.8 Å². The number of aliphatic carboxylic acids is 1. The molecule has 0 radical (unpaired) electrons. The Hall–Kier alpha value is -0.570. The van der Waals surface area contributed by atoms with Gasteiger partial charge < -0.3 is 10.8 Å². The van der Waals surface area contributed by atoms with Crippen molar-refractivity contribution in [3.8, 4) is 0 Å². The first-order chi connectivity index (χ1) is 7.09. The summed E-state index contributed by atoms with van der Waals surface area (Å²) in [7, 11) is 0. The van der Waals surface area contributed by atoms with Crippen LogP contribution in [0.5, 0.6) is 0 Å². The Morgan fingerprint density at radius 1 is 1.40 bits per heavy atom. The minimum Gasteiger partial charge on any atom is -0.481 e. The third-order valence-corrected chi connectivity index (χ3v) is 3.63. The number of nitrogens with two attached hydrogens (primary N) is 1. The molecule has 0 spiro atoms. The minimum absolute atomic E-state index is 0.109. The lowest BCUT2D eigenvalue weighted by Gasteiger charge is -2.20. The SMILES string of the molecule is CC(CCC(N)CC(=O)O)C1CCCC1. The van der Waals surface area contributed by atoms with E-state index in [0.29, 0.717) is 5.92 Å². The molecule has 0 heterocycles. The van der Waals surface area contributed by atoms with Crippen molar-refractivity contribution in [3.05, 3.63) is 0 Å². The molecule has 1 aliphatic rings. The van der Waals surface area contributed by atoms with Crippen molar-refractivity contribution in [1.29, 1.82) is 0 Å². The van der Waals surface area contributed by atoms with E-state index in [1.165, 1.54) is 25.7 Å². The quantitative estimate of drug-likeness (QED) is 0.712. The molecular formula is C12H23NO2. The molecule has 2 unspecified atom stereocenters. The van der Waals surface area contributed by atoms with Crippen LogP contribution in [-0.2, 0) is 4.79 Å². The lowest BCUT2D eigenvalue weighted by molar-refractivity contribution is -0.137. The molecule has 0 saturated heterocycles. The lowest BCUT2D eigenvalue weighted by Crippen LogP contribution is -2.25. The van der Waals surface area contributed by atoms with Crippen molar-refractivity contribution in [2.24, 2.45) is 17.6 Å². The number of carboxylic acid groups (broad SMARTS) is 1. The summed E-state index contributed by atoms with van der Waals surface area (Å²) in [4.78, 5) is 10.4. The fraction of sp³-hybridized carbons (Fsp3) is 0.917. The normalized spacial score (nSPS) is 21.5. The number of hydrogen-bond acceptors (Lipinski definition) is 2. The Bertz CT molecular complexity index is 200. The van der Waals surface area contributed by atoms with E-state index in [1.54, 1.807) is 0 Å². The molecule has 3 N–H and O–H groups in total. The molecule has 88 valence electrons. The van der Waals surface area contributed by atoms with Gasteiger partial charge in [0, 0.05) is 6.04 Å². The van der Waals surface area contributed by atoms with Crippen LogP contribution in [-0.4, -0.2) is 17.1 Å². The second kappa shape index (κ2) is 6.11. The number of carboxylic acids is 1. The zero-order chi connectivity index (χ0) is 11.3. The molecular weight excluding hydrogens is 190 g/mol.